The van der Waals surface area contributed by atoms with Crippen LogP contribution in [0.1, 0.15) is 38.7 Å². The molecule has 1 fully saturated rings. The quantitative estimate of drug-likeness (QED) is 0.770. The fourth-order valence-corrected chi connectivity index (χ4v) is 3.29. The molecule has 0 saturated heterocycles. The van der Waals surface area contributed by atoms with Gasteiger partial charge in [-0.1, -0.05) is 44.4 Å². The topological polar surface area (TPSA) is 24.1 Å². The Labute approximate surface area is 132 Å². The lowest BCUT2D eigenvalue weighted by Gasteiger charge is -2.35. The van der Waals surface area contributed by atoms with E-state index in [0.29, 0.717) is 17.1 Å². The molecular weight excluding hydrogens is 288 g/mol. The van der Waals surface area contributed by atoms with Gasteiger partial charge < -0.3 is 10.6 Å². The van der Waals surface area contributed by atoms with E-state index >= 15 is 0 Å². The van der Waals surface area contributed by atoms with Crippen LogP contribution in [0.15, 0.2) is 18.2 Å². The van der Waals surface area contributed by atoms with Crippen LogP contribution in [0.2, 0.25) is 5.02 Å². The molecule has 2 rings (SSSR count). The van der Waals surface area contributed by atoms with E-state index in [1.165, 1.54) is 19.3 Å². The van der Waals surface area contributed by atoms with E-state index in [-0.39, 0.29) is 0 Å². The van der Waals surface area contributed by atoms with Gasteiger partial charge in [0.1, 0.15) is 0 Å². The van der Waals surface area contributed by atoms with Gasteiger partial charge in [-0.3, -0.25) is 0 Å². The minimum Gasteiger partial charge on any atom is -0.359 e. The Balaban J connectivity index is 1.97. The smallest absolute Gasteiger partial charge is 0.171 e. The third-order valence-electron chi connectivity index (χ3n) is 4.54. The fourth-order valence-electron chi connectivity index (χ4n) is 2.86. The van der Waals surface area contributed by atoms with E-state index in [9.17, 15) is 0 Å². The molecule has 0 heterocycles. The lowest BCUT2D eigenvalue weighted by atomic mass is 9.78. The fraction of sp³-hybridized carbons (Fsp3) is 0.562. The maximum atomic E-state index is 6.13. The summed E-state index contributed by atoms with van der Waals surface area (Å²) in [6.07, 6.45) is 3.80. The molecule has 0 unspecified atom stereocenters. The minimum absolute atomic E-state index is 0.471. The summed E-state index contributed by atoms with van der Waals surface area (Å²) >= 11 is 11.6. The second-order valence-electron chi connectivity index (χ2n) is 5.88. The van der Waals surface area contributed by atoms with Gasteiger partial charge in [0.05, 0.1) is 0 Å². The van der Waals surface area contributed by atoms with Crippen LogP contribution in [0.5, 0.6) is 0 Å². The van der Waals surface area contributed by atoms with Crippen LogP contribution < -0.4 is 10.6 Å². The van der Waals surface area contributed by atoms with Crippen molar-refractivity contribution in [1.29, 1.82) is 0 Å². The zero-order chi connectivity index (χ0) is 14.7. The molecule has 4 heteroatoms. The highest BCUT2D eigenvalue weighted by molar-refractivity contribution is 7.80. The van der Waals surface area contributed by atoms with Crippen molar-refractivity contribution in [3.8, 4) is 0 Å². The van der Waals surface area contributed by atoms with E-state index in [1.54, 1.807) is 0 Å². The van der Waals surface area contributed by atoms with Crippen molar-refractivity contribution in [1.82, 2.24) is 5.32 Å². The molecule has 20 heavy (non-hydrogen) atoms. The van der Waals surface area contributed by atoms with Crippen molar-refractivity contribution in [2.75, 3.05) is 5.32 Å². The average Bonchev–Trinajstić information content (AvgIpc) is 2.40. The summed E-state index contributed by atoms with van der Waals surface area (Å²) in [5.41, 5.74) is 2.01. The molecule has 1 aliphatic rings. The molecule has 0 bridgehead atoms. The summed E-state index contributed by atoms with van der Waals surface area (Å²) in [4.78, 5) is 0. The Morgan fingerprint density at radius 2 is 2.05 bits per heavy atom. The number of nitrogens with one attached hydrogen (secondary N) is 2. The first-order valence-corrected chi connectivity index (χ1v) is 8.10. The van der Waals surface area contributed by atoms with Gasteiger partial charge in [-0.25, -0.2) is 0 Å². The molecule has 2 nitrogen and oxygen atoms in total. The molecule has 1 aliphatic carbocycles. The van der Waals surface area contributed by atoms with Crippen molar-refractivity contribution >= 4 is 34.6 Å². The van der Waals surface area contributed by atoms with E-state index in [4.69, 9.17) is 23.8 Å². The van der Waals surface area contributed by atoms with Crippen LogP contribution in [0.4, 0.5) is 5.69 Å². The Morgan fingerprint density at radius 1 is 1.30 bits per heavy atom. The number of hydrogen-bond acceptors (Lipinski definition) is 1. The summed E-state index contributed by atoms with van der Waals surface area (Å²) in [5, 5.41) is 8.20. The van der Waals surface area contributed by atoms with Crippen LogP contribution in [-0.2, 0) is 0 Å². The highest BCUT2D eigenvalue weighted by atomic mass is 35.5. The van der Waals surface area contributed by atoms with Crippen molar-refractivity contribution in [3.63, 3.8) is 0 Å². The molecule has 0 spiro atoms. The molecule has 1 aromatic carbocycles. The lowest BCUT2D eigenvalue weighted by Crippen LogP contribution is -2.45. The number of anilines is 1. The predicted octanol–water partition coefficient (Wildman–Crippen LogP) is 4.76. The SMILES string of the molecule is Cc1c(Cl)cccc1NC(=S)N[C@@H]1CCC[C@@H](C)[C@@H]1C. The van der Waals surface area contributed by atoms with Crippen LogP contribution in [0, 0.1) is 18.8 Å². The maximum absolute atomic E-state index is 6.13. The summed E-state index contributed by atoms with van der Waals surface area (Å²) in [6, 6.07) is 6.30. The maximum Gasteiger partial charge on any atom is 0.171 e. The lowest BCUT2D eigenvalue weighted by molar-refractivity contribution is 0.225. The van der Waals surface area contributed by atoms with E-state index in [1.807, 2.05) is 25.1 Å². The van der Waals surface area contributed by atoms with E-state index in [2.05, 4.69) is 24.5 Å². The Kier molecular flexibility index (Phi) is 5.28. The predicted molar refractivity (Wildman–Crippen MR) is 91.5 cm³/mol. The number of benzene rings is 1. The largest absolute Gasteiger partial charge is 0.359 e. The first-order chi connectivity index (χ1) is 9.49. The van der Waals surface area contributed by atoms with Crippen molar-refractivity contribution in [3.05, 3.63) is 28.8 Å². The standard InChI is InChI=1S/C16H23ClN2S/c1-10-6-4-8-14(11(10)2)18-16(20)19-15-9-5-7-13(17)12(15)3/h5,7,9-11,14H,4,6,8H2,1-3H3,(H2,18,19,20)/t10-,11+,14-/m1/s1. The highest BCUT2D eigenvalue weighted by Crippen LogP contribution is 2.29. The second kappa shape index (κ2) is 6.77. The van der Waals surface area contributed by atoms with E-state index in [0.717, 1.165) is 22.2 Å². The van der Waals surface area contributed by atoms with Gasteiger partial charge in [-0.2, -0.15) is 0 Å². The van der Waals surface area contributed by atoms with Crippen LogP contribution >= 0.6 is 23.8 Å². The Morgan fingerprint density at radius 3 is 2.80 bits per heavy atom. The molecule has 0 amide bonds. The summed E-state index contributed by atoms with van der Waals surface area (Å²) in [7, 11) is 0. The van der Waals surface area contributed by atoms with Crippen molar-refractivity contribution < 1.29 is 0 Å². The first kappa shape index (κ1) is 15.6. The normalized spacial score (nSPS) is 26.1. The summed E-state index contributed by atoms with van der Waals surface area (Å²) < 4.78 is 0. The summed E-state index contributed by atoms with van der Waals surface area (Å²) in [5.74, 6) is 1.42. The van der Waals surface area contributed by atoms with Gasteiger partial charge >= 0.3 is 0 Å². The van der Waals surface area contributed by atoms with Crippen LogP contribution in [0.25, 0.3) is 0 Å². The second-order valence-corrected chi connectivity index (χ2v) is 6.70. The molecule has 110 valence electrons. The average molecular weight is 311 g/mol. The zero-order valence-corrected chi connectivity index (χ0v) is 13.9. The molecule has 0 aromatic heterocycles. The van der Waals surface area contributed by atoms with Crippen molar-refractivity contribution in [2.45, 2.75) is 46.1 Å². The molecule has 2 N–H and O–H groups in total. The number of halogens is 1. The Bertz CT molecular complexity index is 489. The summed E-state index contributed by atoms with van der Waals surface area (Å²) in [6.45, 7) is 6.64. The third-order valence-corrected chi connectivity index (χ3v) is 5.17. The molecular formula is C16H23ClN2S. The monoisotopic (exact) mass is 310 g/mol. The van der Waals surface area contributed by atoms with Gasteiger partial charge in [-0.05, 0) is 55.1 Å². The van der Waals surface area contributed by atoms with Gasteiger partial charge in [0.25, 0.3) is 0 Å². The first-order valence-electron chi connectivity index (χ1n) is 7.31. The molecule has 1 aromatic rings. The number of thiocarbonyl (C=S) groups is 1. The number of rotatable bonds is 2. The highest BCUT2D eigenvalue weighted by Gasteiger charge is 2.27. The Hall–Kier alpha value is -0.800. The number of hydrogen-bond donors (Lipinski definition) is 2. The third kappa shape index (κ3) is 3.64. The molecule has 1 saturated carbocycles. The molecule has 3 atom stereocenters. The zero-order valence-electron chi connectivity index (χ0n) is 12.4. The molecule has 0 aliphatic heterocycles. The van der Waals surface area contributed by atoms with Crippen LogP contribution in [-0.4, -0.2) is 11.2 Å². The van der Waals surface area contributed by atoms with Gasteiger partial charge in [0.2, 0.25) is 0 Å². The van der Waals surface area contributed by atoms with Crippen LogP contribution in [0.3, 0.4) is 0 Å². The van der Waals surface area contributed by atoms with Gasteiger partial charge in [0, 0.05) is 16.8 Å². The minimum atomic E-state index is 0.471. The van der Waals surface area contributed by atoms with Crippen molar-refractivity contribution in [2.24, 2.45) is 11.8 Å². The van der Waals surface area contributed by atoms with E-state index < -0.39 is 0 Å². The van der Waals surface area contributed by atoms with Gasteiger partial charge in [0.15, 0.2) is 5.11 Å². The molecule has 0 radical (unpaired) electrons. The van der Waals surface area contributed by atoms with Gasteiger partial charge in [-0.15, -0.1) is 0 Å².